The van der Waals surface area contributed by atoms with Crippen LogP contribution in [0.5, 0.6) is 5.75 Å². The molecule has 7 nitrogen and oxygen atoms in total. The normalized spacial score (nSPS) is 10.7. The van der Waals surface area contributed by atoms with Crippen molar-refractivity contribution in [1.29, 1.82) is 0 Å². The first kappa shape index (κ1) is 19.0. The first-order chi connectivity index (χ1) is 12.0. The molecule has 1 aromatic carbocycles. The molecule has 0 bridgehead atoms. The van der Waals surface area contributed by atoms with Gasteiger partial charge < -0.3 is 14.0 Å². The lowest BCUT2D eigenvalue weighted by atomic mass is 10.1. The van der Waals surface area contributed by atoms with Gasteiger partial charge in [0.2, 0.25) is 0 Å². The predicted molar refractivity (Wildman–Crippen MR) is 94.0 cm³/mol. The molecular weight excluding hydrogens is 342 g/mol. The standard InChI is InChI=1S/C17H21N3O4S/c1-4-23-16(22)9-24-14-7-5-13(6-8-14)15(21)10-25-17-19-18-11-20(17)12(2)3/h5-8,11-12H,4,9-10H2,1-3H3. The number of rotatable bonds is 9. The van der Waals surface area contributed by atoms with Crippen molar-refractivity contribution in [2.75, 3.05) is 19.0 Å². The van der Waals surface area contributed by atoms with Gasteiger partial charge in [0.25, 0.3) is 0 Å². The minimum Gasteiger partial charge on any atom is -0.482 e. The number of nitrogens with zero attached hydrogens (tertiary/aromatic N) is 3. The van der Waals surface area contributed by atoms with E-state index in [1.165, 1.54) is 11.8 Å². The molecule has 0 aliphatic rings. The zero-order chi connectivity index (χ0) is 18.2. The molecule has 134 valence electrons. The minimum absolute atomic E-state index is 0.0137. The predicted octanol–water partition coefficient (Wildman–Crippen LogP) is 2.78. The number of esters is 1. The molecule has 0 aliphatic carbocycles. The fourth-order valence-electron chi connectivity index (χ4n) is 1.98. The van der Waals surface area contributed by atoms with Gasteiger partial charge in [0, 0.05) is 11.6 Å². The highest BCUT2D eigenvalue weighted by atomic mass is 32.2. The summed E-state index contributed by atoms with van der Waals surface area (Å²) < 4.78 is 12.0. The van der Waals surface area contributed by atoms with Crippen molar-refractivity contribution in [2.24, 2.45) is 0 Å². The van der Waals surface area contributed by atoms with E-state index < -0.39 is 5.97 Å². The van der Waals surface area contributed by atoms with Crippen molar-refractivity contribution in [1.82, 2.24) is 14.8 Å². The molecule has 2 aromatic rings. The molecule has 0 N–H and O–H groups in total. The van der Waals surface area contributed by atoms with Crippen LogP contribution in [0.25, 0.3) is 0 Å². The summed E-state index contributed by atoms with van der Waals surface area (Å²) in [4.78, 5) is 23.5. The van der Waals surface area contributed by atoms with Crippen molar-refractivity contribution in [3.05, 3.63) is 36.2 Å². The van der Waals surface area contributed by atoms with Crippen LogP contribution in [-0.4, -0.2) is 45.5 Å². The monoisotopic (exact) mass is 363 g/mol. The van der Waals surface area contributed by atoms with E-state index in [4.69, 9.17) is 9.47 Å². The van der Waals surface area contributed by atoms with E-state index in [1.807, 2.05) is 18.4 Å². The maximum atomic E-state index is 12.3. The highest BCUT2D eigenvalue weighted by Gasteiger charge is 2.12. The van der Waals surface area contributed by atoms with Crippen LogP contribution in [0.15, 0.2) is 35.7 Å². The summed E-state index contributed by atoms with van der Waals surface area (Å²) in [6.07, 6.45) is 1.66. The Kier molecular flexibility index (Phi) is 7.00. The fraction of sp³-hybridized carbons (Fsp3) is 0.412. The van der Waals surface area contributed by atoms with E-state index in [0.29, 0.717) is 17.9 Å². The lowest BCUT2D eigenvalue weighted by Crippen LogP contribution is -2.14. The number of thioether (sulfide) groups is 1. The van der Waals surface area contributed by atoms with Crippen LogP contribution in [0.3, 0.4) is 0 Å². The van der Waals surface area contributed by atoms with Gasteiger partial charge >= 0.3 is 5.97 Å². The van der Waals surface area contributed by atoms with E-state index in [2.05, 4.69) is 10.2 Å². The Labute approximate surface area is 150 Å². The first-order valence-electron chi connectivity index (χ1n) is 7.95. The van der Waals surface area contributed by atoms with E-state index in [0.717, 1.165) is 5.16 Å². The number of aromatic nitrogens is 3. The Hall–Kier alpha value is -2.35. The van der Waals surface area contributed by atoms with Gasteiger partial charge in [-0.1, -0.05) is 11.8 Å². The number of carbonyl (C=O) groups excluding carboxylic acids is 2. The molecule has 0 spiro atoms. The third kappa shape index (κ3) is 5.60. The van der Waals surface area contributed by atoms with Crippen LogP contribution in [0.1, 0.15) is 37.2 Å². The Morgan fingerprint density at radius 2 is 1.96 bits per heavy atom. The van der Waals surface area contributed by atoms with Crippen molar-refractivity contribution >= 4 is 23.5 Å². The molecule has 0 saturated heterocycles. The maximum absolute atomic E-state index is 12.3. The summed E-state index contributed by atoms with van der Waals surface area (Å²) in [5.74, 6) is 0.347. The number of carbonyl (C=O) groups is 2. The molecule has 0 saturated carbocycles. The third-order valence-corrected chi connectivity index (χ3v) is 4.22. The van der Waals surface area contributed by atoms with Gasteiger partial charge in [0.1, 0.15) is 12.1 Å². The number of benzene rings is 1. The second kappa shape index (κ2) is 9.22. The SMILES string of the molecule is CCOC(=O)COc1ccc(C(=O)CSc2nncn2C(C)C)cc1. The molecule has 0 amide bonds. The fourth-order valence-corrected chi connectivity index (χ4v) is 2.92. The molecule has 0 atom stereocenters. The Morgan fingerprint density at radius 3 is 2.60 bits per heavy atom. The summed E-state index contributed by atoms with van der Waals surface area (Å²) in [5.41, 5.74) is 0.576. The topological polar surface area (TPSA) is 83.3 Å². The summed E-state index contributed by atoms with van der Waals surface area (Å²) in [5, 5.41) is 8.63. The molecule has 0 fully saturated rings. The van der Waals surface area contributed by atoms with Crippen molar-refractivity contribution in [2.45, 2.75) is 32.0 Å². The number of ketones is 1. The van der Waals surface area contributed by atoms with Crippen LogP contribution >= 0.6 is 11.8 Å². The molecule has 2 rings (SSSR count). The lowest BCUT2D eigenvalue weighted by Gasteiger charge is -2.09. The van der Waals surface area contributed by atoms with Gasteiger partial charge in [-0.3, -0.25) is 4.79 Å². The average Bonchev–Trinajstić information content (AvgIpc) is 3.07. The van der Waals surface area contributed by atoms with Crippen molar-refractivity contribution < 1.29 is 19.1 Å². The smallest absolute Gasteiger partial charge is 0.344 e. The van der Waals surface area contributed by atoms with Crippen LogP contribution in [0.4, 0.5) is 0 Å². The average molecular weight is 363 g/mol. The zero-order valence-electron chi connectivity index (χ0n) is 14.5. The second-order valence-corrected chi connectivity index (χ2v) is 6.39. The van der Waals surface area contributed by atoms with Gasteiger partial charge in [0.05, 0.1) is 12.4 Å². The van der Waals surface area contributed by atoms with Crippen LogP contribution in [0, 0.1) is 0 Å². The van der Waals surface area contributed by atoms with Gasteiger partial charge in [-0.15, -0.1) is 10.2 Å². The molecule has 1 aromatic heterocycles. The summed E-state index contributed by atoms with van der Waals surface area (Å²) in [6, 6.07) is 6.91. The Morgan fingerprint density at radius 1 is 1.24 bits per heavy atom. The van der Waals surface area contributed by atoms with Crippen molar-refractivity contribution in [3.63, 3.8) is 0 Å². The number of ether oxygens (including phenoxy) is 2. The van der Waals surface area contributed by atoms with E-state index >= 15 is 0 Å². The molecule has 1 heterocycles. The summed E-state index contributed by atoms with van der Waals surface area (Å²) >= 11 is 1.36. The van der Waals surface area contributed by atoms with Crippen LogP contribution in [0.2, 0.25) is 0 Å². The van der Waals surface area contributed by atoms with E-state index in [9.17, 15) is 9.59 Å². The summed E-state index contributed by atoms with van der Waals surface area (Å²) in [6.45, 7) is 5.97. The van der Waals surface area contributed by atoms with E-state index in [-0.39, 0.29) is 24.2 Å². The molecule has 0 radical (unpaired) electrons. The van der Waals surface area contributed by atoms with Crippen LogP contribution < -0.4 is 4.74 Å². The van der Waals surface area contributed by atoms with Crippen molar-refractivity contribution in [3.8, 4) is 5.75 Å². The second-order valence-electron chi connectivity index (χ2n) is 5.44. The molecule has 0 unspecified atom stereocenters. The minimum atomic E-state index is -0.423. The highest BCUT2D eigenvalue weighted by Crippen LogP contribution is 2.21. The highest BCUT2D eigenvalue weighted by molar-refractivity contribution is 7.99. The molecule has 8 heteroatoms. The van der Waals surface area contributed by atoms with Gasteiger partial charge in [-0.25, -0.2) is 4.79 Å². The number of Topliss-reactive ketones (excluding diaryl/α,β-unsaturated/α-hetero) is 1. The molecule has 25 heavy (non-hydrogen) atoms. The largest absolute Gasteiger partial charge is 0.482 e. The first-order valence-corrected chi connectivity index (χ1v) is 8.93. The molecule has 0 aliphatic heterocycles. The zero-order valence-corrected chi connectivity index (χ0v) is 15.3. The Bertz CT molecular complexity index is 713. The maximum Gasteiger partial charge on any atom is 0.344 e. The van der Waals surface area contributed by atoms with Crippen LogP contribution in [-0.2, 0) is 9.53 Å². The number of hydrogen-bond acceptors (Lipinski definition) is 7. The quantitative estimate of drug-likeness (QED) is 0.385. The third-order valence-electron chi connectivity index (χ3n) is 3.27. The van der Waals surface area contributed by atoms with Gasteiger partial charge in [-0.2, -0.15) is 0 Å². The molecular formula is C17H21N3O4S. The van der Waals surface area contributed by atoms with Gasteiger partial charge in [-0.05, 0) is 45.0 Å². The van der Waals surface area contributed by atoms with E-state index in [1.54, 1.807) is 37.5 Å². The summed E-state index contributed by atoms with van der Waals surface area (Å²) in [7, 11) is 0. The van der Waals surface area contributed by atoms with Gasteiger partial charge in [0.15, 0.2) is 17.5 Å². The lowest BCUT2D eigenvalue weighted by molar-refractivity contribution is -0.145. The Balaban J connectivity index is 1.87. The number of hydrogen-bond donors (Lipinski definition) is 0.